The molecule has 6 nitrogen and oxygen atoms in total. The predicted molar refractivity (Wildman–Crippen MR) is 41.4 cm³/mol. The van der Waals surface area contributed by atoms with Crippen LogP contribution in [0.1, 0.15) is 0 Å². The molecule has 0 bridgehead atoms. The first-order chi connectivity index (χ1) is 8.46. The summed E-state index contributed by atoms with van der Waals surface area (Å²) in [4.78, 5) is 0. The maximum absolute atomic E-state index is 12.6. The van der Waals surface area contributed by atoms with Gasteiger partial charge in [0, 0.05) is 0 Å². The van der Waals surface area contributed by atoms with E-state index < -0.39 is 44.8 Å². The fourth-order valence-electron chi connectivity index (χ4n) is 0.628. The molecular formula is C4F8O6S2. The number of alkyl halides is 6. The van der Waals surface area contributed by atoms with Crippen LogP contribution in [0.5, 0.6) is 0 Å². The first kappa shape index (κ1) is 18.8. The third kappa shape index (κ3) is 6.33. The van der Waals surface area contributed by atoms with Crippen molar-refractivity contribution in [3.8, 4) is 0 Å². The lowest BCUT2D eigenvalue weighted by Gasteiger charge is -2.15. The van der Waals surface area contributed by atoms with Gasteiger partial charge in [0.25, 0.3) is 0 Å². The average molecular weight is 360 g/mol. The Morgan fingerprint density at radius 1 is 0.850 bits per heavy atom. The van der Waals surface area contributed by atoms with Gasteiger partial charge < -0.3 is 4.18 Å². The molecule has 0 radical (unpaired) electrons. The predicted octanol–water partition coefficient (Wildman–Crippen LogP) is 1.78. The summed E-state index contributed by atoms with van der Waals surface area (Å²) in [5.74, 6) is 0. The molecule has 20 heavy (non-hydrogen) atoms. The number of hydrogen-bond donors (Lipinski definition) is 0. The Hall–Kier alpha value is -1.16. The second-order valence-electron chi connectivity index (χ2n) is 2.60. The highest BCUT2D eigenvalue weighted by molar-refractivity contribution is 7.95. The first-order valence-electron chi connectivity index (χ1n) is 3.60. The van der Waals surface area contributed by atoms with E-state index in [1.54, 1.807) is 0 Å². The zero-order chi connectivity index (χ0) is 16.6. The molecule has 0 aliphatic carbocycles. The van der Waals surface area contributed by atoms with Gasteiger partial charge in [0.05, 0.1) is 0 Å². The van der Waals surface area contributed by atoms with Crippen LogP contribution in [0.25, 0.3) is 0 Å². The normalized spacial score (nSPS) is 14.0. The quantitative estimate of drug-likeness (QED) is 0.432. The van der Waals surface area contributed by atoms with Gasteiger partial charge in [-0.05, 0) is 0 Å². The van der Waals surface area contributed by atoms with E-state index in [0.717, 1.165) is 0 Å². The van der Waals surface area contributed by atoms with E-state index in [9.17, 15) is 51.5 Å². The van der Waals surface area contributed by atoms with Crippen molar-refractivity contribution in [3.05, 3.63) is 11.6 Å². The summed E-state index contributed by atoms with van der Waals surface area (Å²) >= 11 is 0. The Morgan fingerprint density at radius 2 is 1.20 bits per heavy atom. The minimum atomic E-state index is -6.44. The van der Waals surface area contributed by atoms with E-state index >= 15 is 0 Å². The van der Waals surface area contributed by atoms with E-state index in [2.05, 4.69) is 7.81 Å². The van der Waals surface area contributed by atoms with Crippen molar-refractivity contribution < 1.29 is 59.3 Å². The molecule has 0 N–H and O–H groups in total. The molecular weight excluding hydrogens is 360 g/mol. The molecule has 16 heteroatoms. The lowest BCUT2D eigenvalue weighted by atomic mass is 10.3. The van der Waals surface area contributed by atoms with E-state index in [4.69, 9.17) is 0 Å². The Bertz CT molecular complexity index is 578. The minimum Gasteiger partial charge on any atom is -0.330 e. The van der Waals surface area contributed by atoms with Crippen LogP contribution in [0.2, 0.25) is 0 Å². The van der Waals surface area contributed by atoms with E-state index in [1.165, 1.54) is 0 Å². The summed E-state index contributed by atoms with van der Waals surface area (Å²) in [5.41, 5.74) is -4.03. The summed E-state index contributed by atoms with van der Waals surface area (Å²) in [6.45, 7) is 0. The molecule has 0 heterocycles. The molecule has 0 amide bonds. The first-order valence-corrected chi connectivity index (χ1v) is 6.24. The molecule has 0 rings (SSSR count). The summed E-state index contributed by atoms with van der Waals surface area (Å²) in [6, 6.07) is -3.80. The second-order valence-corrected chi connectivity index (χ2v) is 4.91. The van der Waals surface area contributed by atoms with Crippen molar-refractivity contribution in [2.24, 2.45) is 0 Å². The second kappa shape index (κ2) is 5.32. The fourth-order valence-corrected chi connectivity index (χ4v) is 1.80. The zero-order valence-electron chi connectivity index (χ0n) is 8.29. The van der Waals surface area contributed by atoms with Crippen LogP contribution in [-0.2, 0) is 28.7 Å². The summed E-state index contributed by atoms with van der Waals surface area (Å²) < 4.78 is 140. The molecule has 0 aliphatic rings. The highest BCUT2D eigenvalue weighted by atomic mass is 32.3. The highest BCUT2D eigenvalue weighted by Gasteiger charge is 2.55. The molecule has 0 spiro atoms. The van der Waals surface area contributed by atoms with Crippen LogP contribution in [0.4, 0.5) is 34.6 Å². The van der Waals surface area contributed by atoms with Crippen LogP contribution in [0.15, 0.2) is 11.6 Å². The van der Waals surface area contributed by atoms with Gasteiger partial charge in [0.1, 0.15) is 0 Å². The molecule has 0 aromatic carbocycles. The number of allylic oxidation sites excluding steroid dienone is 1. The molecule has 0 aromatic heterocycles. The number of rotatable bonds is 4. The van der Waals surface area contributed by atoms with Crippen molar-refractivity contribution >= 4 is 20.9 Å². The van der Waals surface area contributed by atoms with E-state index in [0.29, 0.717) is 0 Å². The third-order valence-corrected chi connectivity index (χ3v) is 2.77. The van der Waals surface area contributed by atoms with Gasteiger partial charge in [-0.2, -0.15) is 47.6 Å². The molecule has 0 aliphatic heterocycles. The van der Waals surface area contributed by atoms with E-state index in [1.807, 2.05) is 0 Å². The van der Waals surface area contributed by atoms with Gasteiger partial charge in [0.15, 0.2) is 0 Å². The van der Waals surface area contributed by atoms with Crippen molar-refractivity contribution in [3.63, 3.8) is 0 Å². The van der Waals surface area contributed by atoms with Crippen molar-refractivity contribution in [1.82, 2.24) is 0 Å². The third-order valence-electron chi connectivity index (χ3n) is 1.10. The van der Waals surface area contributed by atoms with Gasteiger partial charge in [-0.25, -0.2) is 0 Å². The van der Waals surface area contributed by atoms with Crippen molar-refractivity contribution in [2.75, 3.05) is 0 Å². The van der Waals surface area contributed by atoms with Gasteiger partial charge >= 0.3 is 39.3 Å². The topological polar surface area (TPSA) is 86.7 Å². The van der Waals surface area contributed by atoms with Crippen LogP contribution < -0.4 is 0 Å². The average Bonchev–Trinajstić information content (AvgIpc) is 1.87. The molecule has 0 fully saturated rings. The Kier molecular flexibility index (Phi) is 5.01. The van der Waals surface area contributed by atoms with Gasteiger partial charge in [0.2, 0.25) is 5.57 Å². The van der Waals surface area contributed by atoms with Crippen molar-refractivity contribution in [1.29, 1.82) is 0 Å². The monoisotopic (exact) mass is 360 g/mol. The maximum Gasteiger partial charge on any atom is 0.468 e. The molecule has 0 aromatic rings. The molecule has 0 saturated heterocycles. The SMILES string of the molecule is O=S(=O)(F)OS(=O)(=O)OC(F)=C(C(F)(F)F)C(F)(F)F. The molecule has 0 atom stereocenters. The molecule has 0 unspecified atom stereocenters. The smallest absolute Gasteiger partial charge is 0.330 e. The summed E-state index contributed by atoms with van der Waals surface area (Å²) in [7, 11) is -12.8. The Labute approximate surface area is 105 Å². The standard InChI is InChI=1S/C4F8O6S2/c5-2(1(3(6,7)8)4(9,10)11)17-20(15,16)18-19(12,13)14. The largest absolute Gasteiger partial charge is 0.468 e. The maximum atomic E-state index is 12.6. The van der Waals surface area contributed by atoms with Gasteiger partial charge in [-0.3, -0.25) is 0 Å². The zero-order valence-corrected chi connectivity index (χ0v) is 9.92. The van der Waals surface area contributed by atoms with Gasteiger partial charge in [-0.1, -0.05) is 7.52 Å². The number of hydrogen-bond acceptors (Lipinski definition) is 6. The Morgan fingerprint density at radius 3 is 1.45 bits per heavy atom. The van der Waals surface area contributed by atoms with Crippen LogP contribution in [0.3, 0.4) is 0 Å². The fraction of sp³-hybridized carbons (Fsp3) is 0.500. The van der Waals surface area contributed by atoms with Crippen LogP contribution in [-0.4, -0.2) is 29.2 Å². The highest BCUT2D eigenvalue weighted by Crippen LogP contribution is 2.41. The summed E-state index contributed by atoms with van der Waals surface area (Å²) in [6.07, 6.45) is -12.9. The van der Waals surface area contributed by atoms with Gasteiger partial charge in [-0.15, -0.1) is 0 Å². The lowest BCUT2D eigenvalue weighted by Crippen LogP contribution is -2.28. The van der Waals surface area contributed by atoms with Crippen LogP contribution >= 0.6 is 0 Å². The number of halogens is 8. The Balaban J connectivity index is 5.72. The van der Waals surface area contributed by atoms with Crippen LogP contribution in [0, 0.1) is 0 Å². The lowest BCUT2D eigenvalue weighted by molar-refractivity contribution is -0.177. The molecule has 120 valence electrons. The van der Waals surface area contributed by atoms with Crippen molar-refractivity contribution in [2.45, 2.75) is 12.4 Å². The van der Waals surface area contributed by atoms with E-state index in [-0.39, 0.29) is 0 Å². The molecule has 0 saturated carbocycles. The minimum absolute atomic E-state index is 2.32. The summed E-state index contributed by atoms with van der Waals surface area (Å²) in [5, 5.41) is 0.